The van der Waals surface area contributed by atoms with Crippen LogP contribution in [0.4, 0.5) is 0 Å². The van der Waals surface area contributed by atoms with Gasteiger partial charge in [0.15, 0.2) is 9.84 Å². The monoisotopic (exact) mass is 244 g/mol. The van der Waals surface area contributed by atoms with E-state index in [4.69, 9.17) is 0 Å². The number of rotatable bonds is 3. The van der Waals surface area contributed by atoms with Crippen LogP contribution in [0.25, 0.3) is 0 Å². The molecule has 0 radical (unpaired) electrons. The van der Waals surface area contributed by atoms with Gasteiger partial charge in [0, 0.05) is 4.75 Å². The highest BCUT2D eigenvalue weighted by molar-refractivity contribution is 7.91. The Labute approximate surface area is 97.0 Å². The molecule has 15 heavy (non-hydrogen) atoms. The summed E-state index contributed by atoms with van der Waals surface area (Å²) in [6.45, 7) is 5.59. The number of thiol groups is 1. The van der Waals surface area contributed by atoms with Gasteiger partial charge in [-0.15, -0.1) is 0 Å². The summed E-state index contributed by atoms with van der Waals surface area (Å²) in [5, 5.41) is 0. The molecule has 0 N–H and O–H groups in total. The Morgan fingerprint density at radius 2 is 1.67 bits per heavy atom. The van der Waals surface area contributed by atoms with E-state index in [1.807, 2.05) is 26.0 Å². The van der Waals surface area contributed by atoms with Crippen molar-refractivity contribution in [1.29, 1.82) is 0 Å². The summed E-state index contributed by atoms with van der Waals surface area (Å²) >= 11 is 4.42. The molecule has 0 aliphatic heterocycles. The summed E-state index contributed by atoms with van der Waals surface area (Å²) in [7, 11) is -3.09. The number of hydrogen-bond acceptors (Lipinski definition) is 3. The third-order valence-electron chi connectivity index (χ3n) is 2.30. The standard InChI is InChI=1S/C11H16O2S2/c1-4-15(12,13)10-7-5-9(6-8-10)11(2,3)14/h5-8,14H,4H2,1-3H3. The van der Waals surface area contributed by atoms with E-state index in [2.05, 4.69) is 12.6 Å². The second-order valence-corrected chi connectivity index (χ2v) is 7.38. The van der Waals surface area contributed by atoms with Crippen LogP contribution in [0.5, 0.6) is 0 Å². The maximum absolute atomic E-state index is 11.5. The second-order valence-electron chi connectivity index (χ2n) is 3.99. The molecule has 0 atom stereocenters. The van der Waals surface area contributed by atoms with E-state index in [1.165, 1.54) is 0 Å². The van der Waals surface area contributed by atoms with Crippen molar-refractivity contribution in [3.05, 3.63) is 29.8 Å². The second kappa shape index (κ2) is 4.18. The van der Waals surface area contributed by atoms with Crippen LogP contribution < -0.4 is 0 Å². The summed E-state index contributed by atoms with van der Waals surface area (Å²) < 4.78 is 22.8. The molecule has 1 rings (SSSR count). The highest BCUT2D eigenvalue weighted by Gasteiger charge is 2.16. The fourth-order valence-corrected chi connectivity index (χ4v) is 2.27. The van der Waals surface area contributed by atoms with Crippen molar-refractivity contribution in [2.24, 2.45) is 0 Å². The van der Waals surface area contributed by atoms with Gasteiger partial charge in [0.1, 0.15) is 0 Å². The van der Waals surface area contributed by atoms with Crippen molar-refractivity contribution < 1.29 is 8.42 Å². The van der Waals surface area contributed by atoms with Crippen molar-refractivity contribution in [2.75, 3.05) is 5.75 Å². The average molecular weight is 244 g/mol. The zero-order valence-electron chi connectivity index (χ0n) is 9.19. The molecular weight excluding hydrogens is 228 g/mol. The highest BCUT2D eigenvalue weighted by Crippen LogP contribution is 2.27. The molecule has 0 aliphatic rings. The van der Waals surface area contributed by atoms with Gasteiger partial charge >= 0.3 is 0 Å². The van der Waals surface area contributed by atoms with E-state index in [0.29, 0.717) is 4.90 Å². The van der Waals surface area contributed by atoms with Crippen LogP contribution in [-0.2, 0) is 14.6 Å². The van der Waals surface area contributed by atoms with Gasteiger partial charge in [-0.05, 0) is 31.5 Å². The predicted molar refractivity (Wildman–Crippen MR) is 66.2 cm³/mol. The molecular formula is C11H16O2S2. The van der Waals surface area contributed by atoms with E-state index in [0.717, 1.165) is 5.56 Å². The smallest absolute Gasteiger partial charge is 0.178 e. The van der Waals surface area contributed by atoms with E-state index >= 15 is 0 Å². The first-order valence-corrected chi connectivity index (χ1v) is 6.93. The van der Waals surface area contributed by atoms with Gasteiger partial charge in [-0.2, -0.15) is 12.6 Å². The minimum absolute atomic E-state index is 0.136. The van der Waals surface area contributed by atoms with E-state index in [-0.39, 0.29) is 10.5 Å². The Morgan fingerprint density at radius 1 is 1.20 bits per heavy atom. The van der Waals surface area contributed by atoms with Gasteiger partial charge in [0.2, 0.25) is 0 Å². The van der Waals surface area contributed by atoms with Gasteiger partial charge in [-0.25, -0.2) is 8.42 Å². The molecule has 2 nitrogen and oxygen atoms in total. The van der Waals surface area contributed by atoms with Gasteiger partial charge in [0.25, 0.3) is 0 Å². The van der Waals surface area contributed by atoms with Crippen LogP contribution in [0.3, 0.4) is 0 Å². The molecule has 0 aromatic heterocycles. The summed E-state index contributed by atoms with van der Waals surface area (Å²) in [5.41, 5.74) is 1.01. The number of sulfone groups is 1. The molecule has 1 aromatic carbocycles. The molecule has 0 saturated carbocycles. The van der Waals surface area contributed by atoms with Crippen molar-refractivity contribution in [3.63, 3.8) is 0 Å². The molecule has 0 amide bonds. The van der Waals surface area contributed by atoms with Gasteiger partial charge in [0.05, 0.1) is 10.6 Å². The quantitative estimate of drug-likeness (QED) is 0.829. The molecule has 0 unspecified atom stereocenters. The van der Waals surface area contributed by atoms with E-state index in [9.17, 15) is 8.42 Å². The summed E-state index contributed by atoms with van der Waals surface area (Å²) in [5.74, 6) is 0.136. The SMILES string of the molecule is CCS(=O)(=O)c1ccc(C(C)(C)S)cc1. The lowest BCUT2D eigenvalue weighted by atomic mass is 10.0. The third-order valence-corrected chi connectivity index (χ3v) is 4.31. The van der Waals surface area contributed by atoms with Gasteiger partial charge < -0.3 is 0 Å². The molecule has 0 spiro atoms. The van der Waals surface area contributed by atoms with Crippen LogP contribution in [0, 0.1) is 0 Å². The van der Waals surface area contributed by atoms with Crippen molar-refractivity contribution in [3.8, 4) is 0 Å². The average Bonchev–Trinajstić information content (AvgIpc) is 2.17. The fourth-order valence-electron chi connectivity index (χ4n) is 1.24. The first-order valence-electron chi connectivity index (χ1n) is 4.83. The van der Waals surface area contributed by atoms with Crippen molar-refractivity contribution in [1.82, 2.24) is 0 Å². The molecule has 0 saturated heterocycles. The normalized spacial score (nSPS) is 12.8. The predicted octanol–water partition coefficient (Wildman–Crippen LogP) is 2.65. The number of benzene rings is 1. The lowest BCUT2D eigenvalue weighted by Crippen LogP contribution is -2.09. The Morgan fingerprint density at radius 3 is 2.00 bits per heavy atom. The third kappa shape index (κ3) is 2.98. The maximum Gasteiger partial charge on any atom is 0.178 e. The molecule has 84 valence electrons. The minimum atomic E-state index is -3.09. The topological polar surface area (TPSA) is 34.1 Å². The van der Waals surface area contributed by atoms with Crippen molar-refractivity contribution in [2.45, 2.75) is 30.4 Å². The molecule has 0 fully saturated rings. The lowest BCUT2D eigenvalue weighted by Gasteiger charge is -2.18. The zero-order valence-corrected chi connectivity index (χ0v) is 10.9. The number of hydrogen-bond donors (Lipinski definition) is 1. The Kier molecular flexibility index (Phi) is 3.51. The summed E-state index contributed by atoms with van der Waals surface area (Å²) in [4.78, 5) is 0.381. The Hall–Kier alpha value is -0.480. The van der Waals surface area contributed by atoms with E-state index in [1.54, 1.807) is 19.1 Å². The Balaban J connectivity index is 3.12. The molecule has 0 aliphatic carbocycles. The van der Waals surface area contributed by atoms with Crippen LogP contribution in [0.1, 0.15) is 26.3 Å². The van der Waals surface area contributed by atoms with Gasteiger partial charge in [-0.1, -0.05) is 19.1 Å². The summed E-state index contributed by atoms with van der Waals surface area (Å²) in [6, 6.07) is 6.92. The van der Waals surface area contributed by atoms with Crippen LogP contribution >= 0.6 is 12.6 Å². The fraction of sp³-hybridized carbons (Fsp3) is 0.455. The van der Waals surface area contributed by atoms with Crippen LogP contribution in [-0.4, -0.2) is 14.2 Å². The van der Waals surface area contributed by atoms with Gasteiger partial charge in [-0.3, -0.25) is 0 Å². The van der Waals surface area contributed by atoms with Crippen LogP contribution in [0.15, 0.2) is 29.2 Å². The minimum Gasteiger partial charge on any atom is -0.224 e. The zero-order chi connectivity index (χ0) is 11.7. The maximum atomic E-state index is 11.5. The summed E-state index contributed by atoms with van der Waals surface area (Å²) in [6.07, 6.45) is 0. The first-order chi connectivity index (χ1) is 6.77. The molecule has 4 heteroatoms. The highest BCUT2D eigenvalue weighted by atomic mass is 32.2. The molecule has 0 bridgehead atoms. The molecule has 0 heterocycles. The first kappa shape index (κ1) is 12.6. The Bertz CT molecular complexity index is 425. The van der Waals surface area contributed by atoms with E-state index < -0.39 is 9.84 Å². The van der Waals surface area contributed by atoms with Crippen molar-refractivity contribution >= 4 is 22.5 Å². The lowest BCUT2D eigenvalue weighted by molar-refractivity contribution is 0.597. The molecule has 1 aromatic rings. The largest absolute Gasteiger partial charge is 0.224 e. The van der Waals surface area contributed by atoms with Crippen LogP contribution in [0.2, 0.25) is 0 Å².